The molecule has 0 fully saturated rings. The van der Waals surface area contributed by atoms with Crippen LogP contribution in [0.1, 0.15) is 23.1 Å². The van der Waals surface area contributed by atoms with Crippen molar-refractivity contribution in [3.8, 4) is 0 Å². The van der Waals surface area contributed by atoms with Gasteiger partial charge in [0, 0.05) is 18.2 Å². The smallest absolute Gasteiger partial charge is 0.227 e. The predicted molar refractivity (Wildman–Crippen MR) is 84.9 cm³/mol. The number of nitrogens with two attached hydrogens (primary N) is 1. The SMILES string of the molecule is NCc1ccccc1NC(=O)C1CCc2ccccc2C1. The maximum Gasteiger partial charge on any atom is 0.227 e. The fourth-order valence-corrected chi connectivity index (χ4v) is 2.98. The number of hydrogen-bond acceptors (Lipinski definition) is 2. The molecule has 3 nitrogen and oxygen atoms in total. The number of fused-ring (bicyclic) bond motifs is 1. The van der Waals surface area contributed by atoms with Crippen LogP contribution in [0.15, 0.2) is 48.5 Å². The van der Waals surface area contributed by atoms with Gasteiger partial charge < -0.3 is 11.1 Å². The monoisotopic (exact) mass is 280 g/mol. The van der Waals surface area contributed by atoms with Crippen LogP contribution in [0.3, 0.4) is 0 Å². The molecule has 3 N–H and O–H groups in total. The van der Waals surface area contributed by atoms with Crippen LogP contribution in [-0.2, 0) is 24.2 Å². The van der Waals surface area contributed by atoms with Gasteiger partial charge in [-0.2, -0.15) is 0 Å². The molecule has 21 heavy (non-hydrogen) atoms. The molecule has 0 saturated carbocycles. The first-order chi connectivity index (χ1) is 10.3. The maximum absolute atomic E-state index is 12.5. The van der Waals surface area contributed by atoms with Crippen molar-refractivity contribution < 1.29 is 4.79 Å². The Kier molecular flexibility index (Phi) is 4.02. The third-order valence-corrected chi connectivity index (χ3v) is 4.21. The van der Waals surface area contributed by atoms with E-state index in [1.807, 2.05) is 30.3 Å². The number of nitrogens with one attached hydrogen (secondary N) is 1. The first kappa shape index (κ1) is 13.8. The zero-order valence-electron chi connectivity index (χ0n) is 12.0. The molecule has 108 valence electrons. The van der Waals surface area contributed by atoms with Crippen molar-refractivity contribution in [1.82, 2.24) is 0 Å². The van der Waals surface area contributed by atoms with E-state index in [1.165, 1.54) is 11.1 Å². The number of para-hydroxylation sites is 1. The van der Waals surface area contributed by atoms with Gasteiger partial charge in [0.2, 0.25) is 5.91 Å². The van der Waals surface area contributed by atoms with Gasteiger partial charge in [-0.05, 0) is 42.0 Å². The number of amides is 1. The fourth-order valence-electron chi connectivity index (χ4n) is 2.98. The molecule has 3 rings (SSSR count). The van der Waals surface area contributed by atoms with Crippen LogP contribution in [0.5, 0.6) is 0 Å². The maximum atomic E-state index is 12.5. The van der Waals surface area contributed by atoms with E-state index < -0.39 is 0 Å². The first-order valence-electron chi connectivity index (χ1n) is 7.43. The van der Waals surface area contributed by atoms with Gasteiger partial charge >= 0.3 is 0 Å². The number of rotatable bonds is 3. The molecule has 1 unspecified atom stereocenters. The molecule has 0 aliphatic heterocycles. The average Bonchev–Trinajstić information content (AvgIpc) is 2.55. The van der Waals surface area contributed by atoms with Crippen LogP contribution in [0.4, 0.5) is 5.69 Å². The van der Waals surface area contributed by atoms with Crippen LogP contribution in [0, 0.1) is 5.92 Å². The molecule has 0 radical (unpaired) electrons. The summed E-state index contributed by atoms with van der Waals surface area (Å²) in [4.78, 5) is 12.5. The van der Waals surface area contributed by atoms with Crippen molar-refractivity contribution in [2.45, 2.75) is 25.8 Å². The van der Waals surface area contributed by atoms with Gasteiger partial charge in [-0.25, -0.2) is 0 Å². The molecule has 3 heteroatoms. The van der Waals surface area contributed by atoms with Crippen LogP contribution in [0.25, 0.3) is 0 Å². The second-order valence-electron chi connectivity index (χ2n) is 5.56. The number of aryl methyl sites for hydroxylation is 1. The molecule has 1 aliphatic carbocycles. The van der Waals surface area contributed by atoms with E-state index in [4.69, 9.17) is 5.73 Å². The lowest BCUT2D eigenvalue weighted by Crippen LogP contribution is -2.28. The molecule has 2 aromatic carbocycles. The zero-order valence-corrected chi connectivity index (χ0v) is 12.0. The van der Waals surface area contributed by atoms with Crippen LogP contribution < -0.4 is 11.1 Å². The van der Waals surface area contributed by atoms with Crippen molar-refractivity contribution in [2.75, 3.05) is 5.32 Å². The molecular formula is C18H20N2O. The number of carbonyl (C=O) groups is 1. The van der Waals surface area contributed by atoms with Gasteiger partial charge in [-0.1, -0.05) is 42.5 Å². The Labute approximate surface area is 125 Å². The van der Waals surface area contributed by atoms with Crippen molar-refractivity contribution in [1.29, 1.82) is 0 Å². The lowest BCUT2D eigenvalue weighted by molar-refractivity contribution is -0.120. The summed E-state index contributed by atoms with van der Waals surface area (Å²) in [6, 6.07) is 16.1. The summed E-state index contributed by atoms with van der Waals surface area (Å²) in [5.41, 5.74) is 10.2. The summed E-state index contributed by atoms with van der Waals surface area (Å²) < 4.78 is 0. The van der Waals surface area contributed by atoms with E-state index in [9.17, 15) is 4.79 Å². The number of carbonyl (C=O) groups excluding carboxylic acids is 1. The lowest BCUT2D eigenvalue weighted by atomic mass is 9.83. The van der Waals surface area contributed by atoms with E-state index in [2.05, 4.69) is 23.5 Å². The average molecular weight is 280 g/mol. The van der Waals surface area contributed by atoms with E-state index in [1.54, 1.807) is 0 Å². The van der Waals surface area contributed by atoms with Crippen molar-refractivity contribution in [2.24, 2.45) is 11.7 Å². The van der Waals surface area contributed by atoms with Crippen LogP contribution >= 0.6 is 0 Å². The molecule has 0 bridgehead atoms. The van der Waals surface area contributed by atoms with Crippen LogP contribution in [0.2, 0.25) is 0 Å². The summed E-state index contributed by atoms with van der Waals surface area (Å²) in [5.74, 6) is 0.149. The Morgan fingerprint density at radius 2 is 1.81 bits per heavy atom. The molecule has 1 atom stereocenters. The summed E-state index contributed by atoms with van der Waals surface area (Å²) in [7, 11) is 0. The lowest BCUT2D eigenvalue weighted by Gasteiger charge is -2.24. The molecular weight excluding hydrogens is 260 g/mol. The summed E-state index contributed by atoms with van der Waals surface area (Å²) >= 11 is 0. The molecule has 0 saturated heterocycles. The van der Waals surface area contributed by atoms with E-state index >= 15 is 0 Å². The van der Waals surface area contributed by atoms with Gasteiger partial charge in [0.15, 0.2) is 0 Å². The Morgan fingerprint density at radius 1 is 1.10 bits per heavy atom. The highest BCUT2D eigenvalue weighted by molar-refractivity contribution is 5.93. The van der Waals surface area contributed by atoms with E-state index in [0.717, 1.165) is 30.5 Å². The van der Waals surface area contributed by atoms with Gasteiger partial charge in [-0.3, -0.25) is 4.79 Å². The van der Waals surface area contributed by atoms with Gasteiger partial charge in [0.1, 0.15) is 0 Å². The first-order valence-corrected chi connectivity index (χ1v) is 7.43. The van der Waals surface area contributed by atoms with E-state index in [0.29, 0.717) is 6.54 Å². The van der Waals surface area contributed by atoms with Crippen molar-refractivity contribution in [3.63, 3.8) is 0 Å². The van der Waals surface area contributed by atoms with Gasteiger partial charge in [0.25, 0.3) is 0 Å². The summed E-state index contributed by atoms with van der Waals surface area (Å²) in [5, 5.41) is 3.04. The predicted octanol–water partition coefficient (Wildman–Crippen LogP) is 2.89. The van der Waals surface area contributed by atoms with E-state index in [-0.39, 0.29) is 11.8 Å². The molecule has 0 heterocycles. The minimum atomic E-state index is 0.0470. The summed E-state index contributed by atoms with van der Waals surface area (Å²) in [6.45, 7) is 0.434. The standard InChI is InChI=1S/C18H20N2O/c19-12-16-7-3-4-8-17(16)20-18(21)15-10-9-13-5-1-2-6-14(13)11-15/h1-8,15H,9-12,19H2,(H,20,21). The highest BCUT2D eigenvalue weighted by Crippen LogP contribution is 2.26. The highest BCUT2D eigenvalue weighted by atomic mass is 16.1. The van der Waals surface area contributed by atoms with Crippen molar-refractivity contribution in [3.05, 3.63) is 65.2 Å². The molecule has 1 aliphatic rings. The quantitative estimate of drug-likeness (QED) is 0.908. The second kappa shape index (κ2) is 6.10. The van der Waals surface area contributed by atoms with Crippen molar-refractivity contribution >= 4 is 11.6 Å². The minimum Gasteiger partial charge on any atom is -0.326 e. The number of anilines is 1. The Hall–Kier alpha value is -2.13. The highest BCUT2D eigenvalue weighted by Gasteiger charge is 2.24. The third kappa shape index (κ3) is 2.98. The normalized spacial score (nSPS) is 17.1. The fraction of sp³-hybridized carbons (Fsp3) is 0.278. The number of hydrogen-bond donors (Lipinski definition) is 2. The third-order valence-electron chi connectivity index (χ3n) is 4.21. The molecule has 0 aromatic heterocycles. The molecule has 2 aromatic rings. The van der Waals surface area contributed by atoms with Crippen LogP contribution in [-0.4, -0.2) is 5.91 Å². The molecule has 0 spiro atoms. The Morgan fingerprint density at radius 3 is 2.62 bits per heavy atom. The Bertz CT molecular complexity index is 651. The Balaban J connectivity index is 1.72. The summed E-state index contributed by atoms with van der Waals surface area (Å²) in [6.07, 6.45) is 2.72. The zero-order chi connectivity index (χ0) is 14.7. The topological polar surface area (TPSA) is 55.1 Å². The minimum absolute atomic E-state index is 0.0470. The largest absolute Gasteiger partial charge is 0.326 e. The van der Waals surface area contributed by atoms with Gasteiger partial charge in [-0.15, -0.1) is 0 Å². The number of benzene rings is 2. The molecule has 1 amide bonds. The second-order valence-corrected chi connectivity index (χ2v) is 5.56. The van der Waals surface area contributed by atoms with Gasteiger partial charge in [0.05, 0.1) is 0 Å².